The van der Waals surface area contributed by atoms with Gasteiger partial charge < -0.3 is 15.1 Å². The van der Waals surface area contributed by atoms with E-state index in [1.165, 1.54) is 6.33 Å². The van der Waals surface area contributed by atoms with Gasteiger partial charge in [-0.2, -0.15) is 0 Å². The van der Waals surface area contributed by atoms with Gasteiger partial charge in [0.1, 0.15) is 6.33 Å². The molecule has 0 aromatic carbocycles. The van der Waals surface area contributed by atoms with Gasteiger partial charge >= 0.3 is 5.69 Å². The normalized spacial score (nSPS) is 16.2. The molecule has 0 radical (unpaired) electrons. The average molecular weight is 282 g/mol. The van der Waals surface area contributed by atoms with E-state index in [9.17, 15) is 10.1 Å². The summed E-state index contributed by atoms with van der Waals surface area (Å²) >= 11 is 0. The first-order valence-corrected chi connectivity index (χ1v) is 6.50. The minimum absolute atomic E-state index is 0.0203. The summed E-state index contributed by atoms with van der Waals surface area (Å²) in [6, 6.07) is 0. The van der Waals surface area contributed by atoms with Crippen molar-refractivity contribution in [2.75, 3.05) is 30.0 Å². The Morgan fingerprint density at radius 3 is 2.80 bits per heavy atom. The van der Waals surface area contributed by atoms with Crippen LogP contribution in [0.1, 0.15) is 19.8 Å². The number of hydrogen-bond donors (Lipinski definition) is 2. The first-order valence-electron chi connectivity index (χ1n) is 6.50. The molecule has 1 aromatic heterocycles. The van der Waals surface area contributed by atoms with Gasteiger partial charge in [0.05, 0.1) is 11.0 Å². The molecule has 0 saturated carbocycles. The van der Waals surface area contributed by atoms with E-state index in [1.807, 2.05) is 11.8 Å². The summed E-state index contributed by atoms with van der Waals surface area (Å²) in [6.45, 7) is 3.96. The Kier molecular flexibility index (Phi) is 4.64. The summed E-state index contributed by atoms with van der Waals surface area (Å²) < 4.78 is 5.56. The van der Waals surface area contributed by atoms with Gasteiger partial charge in [-0.3, -0.25) is 10.1 Å². The highest BCUT2D eigenvalue weighted by Crippen LogP contribution is 2.32. The number of anilines is 2. The molecule has 2 rings (SSSR count). The first-order chi connectivity index (χ1) is 9.67. The Balaban J connectivity index is 2.19. The van der Waals surface area contributed by atoms with Crippen molar-refractivity contribution in [2.45, 2.75) is 25.9 Å². The molecule has 3 N–H and O–H groups in total. The van der Waals surface area contributed by atoms with Crippen molar-refractivity contribution in [3.05, 3.63) is 16.4 Å². The van der Waals surface area contributed by atoms with Gasteiger partial charge in [0.2, 0.25) is 11.6 Å². The Morgan fingerprint density at radius 2 is 2.25 bits per heavy atom. The number of piperidine rings is 1. The molecule has 1 aliphatic heterocycles. The number of aromatic nitrogens is 2. The Morgan fingerprint density at radius 1 is 1.55 bits per heavy atom. The number of nitrogens with one attached hydrogen (secondary N) is 1. The largest absolute Gasteiger partial charge is 0.378 e. The van der Waals surface area contributed by atoms with Gasteiger partial charge in [0, 0.05) is 19.7 Å². The van der Waals surface area contributed by atoms with Crippen LogP contribution >= 0.6 is 0 Å². The standard InChI is InChI=1S/C11H18N6O3/c1-2-20-8-3-5-16(6-4-8)11-9(17(18)19)10(15-12)13-7-14-11/h7-8H,2-6,12H2,1H3,(H,13,14,15). The van der Waals surface area contributed by atoms with E-state index in [4.69, 9.17) is 10.6 Å². The smallest absolute Gasteiger partial charge is 0.354 e. The highest BCUT2D eigenvalue weighted by molar-refractivity contribution is 5.69. The van der Waals surface area contributed by atoms with Crippen molar-refractivity contribution in [1.82, 2.24) is 9.97 Å². The maximum atomic E-state index is 11.2. The molecule has 0 aliphatic carbocycles. The highest BCUT2D eigenvalue weighted by atomic mass is 16.6. The third kappa shape index (κ3) is 2.94. The first kappa shape index (κ1) is 14.4. The molecule has 9 nitrogen and oxygen atoms in total. The van der Waals surface area contributed by atoms with E-state index < -0.39 is 4.92 Å². The van der Waals surface area contributed by atoms with Crippen molar-refractivity contribution in [3.63, 3.8) is 0 Å². The van der Waals surface area contributed by atoms with Crippen LogP contribution < -0.4 is 16.2 Å². The third-order valence-electron chi connectivity index (χ3n) is 3.27. The number of nitrogens with two attached hydrogens (primary N) is 1. The van der Waals surface area contributed by atoms with E-state index in [1.54, 1.807) is 0 Å². The zero-order valence-corrected chi connectivity index (χ0v) is 11.3. The lowest BCUT2D eigenvalue weighted by molar-refractivity contribution is -0.383. The van der Waals surface area contributed by atoms with Crippen LogP contribution in [0.25, 0.3) is 0 Å². The quantitative estimate of drug-likeness (QED) is 0.459. The fourth-order valence-corrected chi connectivity index (χ4v) is 2.34. The number of hydrazine groups is 1. The van der Waals surface area contributed by atoms with Gasteiger partial charge in [-0.25, -0.2) is 15.8 Å². The monoisotopic (exact) mass is 282 g/mol. The second-order valence-corrected chi connectivity index (χ2v) is 4.44. The summed E-state index contributed by atoms with van der Waals surface area (Å²) in [5.41, 5.74) is 2.05. The van der Waals surface area contributed by atoms with Gasteiger partial charge in [-0.05, 0) is 19.8 Å². The topological polar surface area (TPSA) is 119 Å². The van der Waals surface area contributed by atoms with E-state index in [0.29, 0.717) is 25.5 Å². The number of nitro groups is 1. The zero-order chi connectivity index (χ0) is 14.5. The predicted octanol–water partition coefficient (Wildman–Crippen LogP) is 0.676. The van der Waals surface area contributed by atoms with Crippen molar-refractivity contribution >= 4 is 17.3 Å². The molecule has 0 bridgehead atoms. The number of rotatable bonds is 5. The number of ether oxygens (including phenoxy) is 1. The fourth-order valence-electron chi connectivity index (χ4n) is 2.34. The van der Waals surface area contributed by atoms with Gasteiger partial charge in [0.15, 0.2) is 0 Å². The molecule has 1 aromatic rings. The minimum atomic E-state index is -0.515. The summed E-state index contributed by atoms with van der Waals surface area (Å²) in [7, 11) is 0. The lowest BCUT2D eigenvalue weighted by Gasteiger charge is -2.32. The SMILES string of the molecule is CCOC1CCN(c2ncnc(NN)c2[N+](=O)[O-])CC1. The fraction of sp³-hybridized carbons (Fsp3) is 0.636. The van der Waals surface area contributed by atoms with Crippen LogP contribution in [0.5, 0.6) is 0 Å². The third-order valence-corrected chi connectivity index (χ3v) is 3.27. The lowest BCUT2D eigenvalue weighted by Crippen LogP contribution is -2.38. The summed E-state index contributed by atoms with van der Waals surface area (Å²) in [6.07, 6.45) is 3.12. The zero-order valence-electron chi connectivity index (χ0n) is 11.3. The Hall–Kier alpha value is -2.00. The molecule has 0 spiro atoms. The second-order valence-electron chi connectivity index (χ2n) is 4.44. The minimum Gasteiger partial charge on any atom is -0.378 e. The van der Waals surface area contributed by atoms with Crippen LogP contribution in [0, 0.1) is 10.1 Å². The molecule has 1 saturated heterocycles. The summed E-state index contributed by atoms with van der Waals surface area (Å²) in [5.74, 6) is 5.58. The molecule has 1 fully saturated rings. The van der Waals surface area contributed by atoms with E-state index in [-0.39, 0.29) is 17.6 Å². The highest BCUT2D eigenvalue weighted by Gasteiger charge is 2.29. The molecule has 110 valence electrons. The van der Waals surface area contributed by atoms with Crippen molar-refractivity contribution in [1.29, 1.82) is 0 Å². The molecule has 0 atom stereocenters. The van der Waals surface area contributed by atoms with E-state index >= 15 is 0 Å². The average Bonchev–Trinajstić information content (AvgIpc) is 2.47. The van der Waals surface area contributed by atoms with Crippen LogP contribution in [0.2, 0.25) is 0 Å². The predicted molar refractivity (Wildman–Crippen MR) is 73.4 cm³/mol. The van der Waals surface area contributed by atoms with Crippen molar-refractivity contribution < 1.29 is 9.66 Å². The molecule has 2 heterocycles. The maximum Gasteiger partial charge on any atom is 0.354 e. The Bertz CT molecular complexity index is 475. The van der Waals surface area contributed by atoms with Crippen molar-refractivity contribution in [2.24, 2.45) is 5.84 Å². The molecule has 0 unspecified atom stereocenters. The van der Waals surface area contributed by atoms with Gasteiger partial charge in [-0.1, -0.05) is 0 Å². The van der Waals surface area contributed by atoms with E-state index in [0.717, 1.165) is 12.8 Å². The van der Waals surface area contributed by atoms with Crippen LogP contribution in [0.3, 0.4) is 0 Å². The number of hydrogen-bond acceptors (Lipinski definition) is 8. The number of nitrogen functional groups attached to an aromatic ring is 1. The lowest BCUT2D eigenvalue weighted by atomic mass is 10.1. The summed E-state index contributed by atoms with van der Waals surface area (Å²) in [5, 5.41) is 11.2. The number of nitrogens with zero attached hydrogens (tertiary/aromatic N) is 4. The van der Waals surface area contributed by atoms with E-state index in [2.05, 4.69) is 15.4 Å². The van der Waals surface area contributed by atoms with Crippen LogP contribution in [0.4, 0.5) is 17.3 Å². The maximum absolute atomic E-state index is 11.2. The van der Waals surface area contributed by atoms with Gasteiger partial charge in [0.25, 0.3) is 0 Å². The molecular formula is C11H18N6O3. The Labute approximate surface area is 116 Å². The molecular weight excluding hydrogens is 264 g/mol. The molecule has 9 heteroatoms. The molecule has 1 aliphatic rings. The van der Waals surface area contributed by atoms with Crippen LogP contribution in [-0.2, 0) is 4.74 Å². The van der Waals surface area contributed by atoms with Crippen LogP contribution in [-0.4, -0.2) is 40.7 Å². The second kappa shape index (κ2) is 6.44. The van der Waals surface area contributed by atoms with Gasteiger partial charge in [-0.15, -0.1) is 0 Å². The molecule has 20 heavy (non-hydrogen) atoms. The molecule has 0 amide bonds. The van der Waals surface area contributed by atoms with Crippen LogP contribution in [0.15, 0.2) is 6.33 Å². The van der Waals surface area contributed by atoms with Crippen molar-refractivity contribution in [3.8, 4) is 0 Å². The summed E-state index contributed by atoms with van der Waals surface area (Å²) in [4.78, 5) is 20.4.